The smallest absolute Gasteiger partial charge is 0.0649 e. The van der Waals surface area contributed by atoms with E-state index in [2.05, 4.69) is 26.0 Å². The fraction of sp³-hybridized carbons (Fsp3) is 0.833. The Labute approximate surface area is 47.3 Å². The van der Waals surface area contributed by atoms with Crippen molar-refractivity contribution in [3.05, 3.63) is 0 Å². The second-order valence-corrected chi connectivity index (χ2v) is 4.23. The SMILES string of the molecule is CCCC=[P+](C)C. The molecule has 0 aromatic rings. The van der Waals surface area contributed by atoms with Crippen molar-refractivity contribution >= 4 is 13.3 Å². The molecule has 0 spiro atoms. The van der Waals surface area contributed by atoms with Crippen molar-refractivity contribution in [3.63, 3.8) is 0 Å². The first kappa shape index (κ1) is 7.17. The minimum Gasteiger partial charge on any atom is -0.0649 e. The second kappa shape index (κ2) is 4.33. The van der Waals surface area contributed by atoms with Crippen LogP contribution in [-0.2, 0) is 0 Å². The van der Waals surface area contributed by atoms with Crippen molar-refractivity contribution in [2.75, 3.05) is 13.3 Å². The van der Waals surface area contributed by atoms with Gasteiger partial charge in [0.15, 0.2) is 0 Å². The van der Waals surface area contributed by atoms with E-state index in [0.717, 1.165) is 0 Å². The Morgan fingerprint density at radius 1 is 1.43 bits per heavy atom. The Hall–Kier alpha value is 0.170. The average molecular weight is 117 g/mol. The molecule has 0 aliphatic carbocycles. The molecule has 0 aliphatic rings. The molecule has 0 nitrogen and oxygen atoms in total. The molecule has 0 N–H and O–H groups in total. The lowest BCUT2D eigenvalue weighted by atomic mass is 10.4. The maximum Gasteiger partial charge on any atom is 0.0953 e. The van der Waals surface area contributed by atoms with Crippen LogP contribution >= 0.6 is 7.55 Å². The summed E-state index contributed by atoms with van der Waals surface area (Å²) in [6.07, 6.45) is 2.61. The van der Waals surface area contributed by atoms with E-state index in [1.165, 1.54) is 12.8 Å². The Morgan fingerprint density at radius 2 is 2.00 bits per heavy atom. The van der Waals surface area contributed by atoms with E-state index in [4.69, 9.17) is 0 Å². The van der Waals surface area contributed by atoms with Gasteiger partial charge in [0.25, 0.3) is 0 Å². The zero-order chi connectivity index (χ0) is 5.70. The molecule has 42 valence electrons. The summed E-state index contributed by atoms with van der Waals surface area (Å²) in [5.41, 5.74) is 0. The molecule has 7 heavy (non-hydrogen) atoms. The monoisotopic (exact) mass is 117 g/mol. The van der Waals surface area contributed by atoms with E-state index in [1.54, 1.807) is 0 Å². The van der Waals surface area contributed by atoms with Crippen molar-refractivity contribution in [2.45, 2.75) is 19.8 Å². The van der Waals surface area contributed by atoms with E-state index < -0.39 is 0 Å². The van der Waals surface area contributed by atoms with Gasteiger partial charge in [-0.25, -0.2) is 0 Å². The summed E-state index contributed by atoms with van der Waals surface area (Å²) in [6.45, 7) is 6.78. The third kappa shape index (κ3) is 6.17. The highest BCUT2D eigenvalue weighted by molar-refractivity contribution is 7.55. The van der Waals surface area contributed by atoms with Crippen molar-refractivity contribution in [1.29, 1.82) is 0 Å². The predicted molar refractivity (Wildman–Crippen MR) is 39.7 cm³/mol. The number of hydrogen-bond acceptors (Lipinski definition) is 0. The van der Waals surface area contributed by atoms with Gasteiger partial charge < -0.3 is 0 Å². The van der Waals surface area contributed by atoms with Gasteiger partial charge >= 0.3 is 0 Å². The van der Waals surface area contributed by atoms with E-state index in [1.807, 2.05) is 0 Å². The number of unbranched alkanes of at least 4 members (excludes halogenated alkanes) is 1. The summed E-state index contributed by atoms with van der Waals surface area (Å²) in [4.78, 5) is 0. The molecule has 0 atom stereocenters. The third-order valence-corrected chi connectivity index (χ3v) is 1.77. The van der Waals surface area contributed by atoms with Crippen LogP contribution < -0.4 is 0 Å². The van der Waals surface area contributed by atoms with Crippen LogP contribution in [0.2, 0.25) is 0 Å². The van der Waals surface area contributed by atoms with Crippen molar-refractivity contribution in [2.24, 2.45) is 0 Å². The standard InChI is InChI=1S/C6H14P/c1-4-5-6-7(2)3/h6H,4-5H2,1-3H3/q+1. The minimum absolute atomic E-state index is 0.269. The zero-order valence-corrected chi connectivity index (χ0v) is 6.33. The lowest BCUT2D eigenvalue weighted by Gasteiger charge is -1.75. The molecule has 0 saturated carbocycles. The van der Waals surface area contributed by atoms with Gasteiger partial charge in [0.1, 0.15) is 0 Å². The second-order valence-electron chi connectivity index (χ2n) is 1.93. The van der Waals surface area contributed by atoms with Crippen LogP contribution in [-0.4, -0.2) is 19.1 Å². The van der Waals surface area contributed by atoms with Gasteiger partial charge in [0.05, 0.1) is 26.7 Å². The number of rotatable bonds is 2. The van der Waals surface area contributed by atoms with Gasteiger partial charge in [-0.1, -0.05) is 6.92 Å². The summed E-state index contributed by atoms with van der Waals surface area (Å²) < 4.78 is 0. The van der Waals surface area contributed by atoms with E-state index in [-0.39, 0.29) is 7.55 Å². The van der Waals surface area contributed by atoms with Crippen LogP contribution in [0.1, 0.15) is 19.8 Å². The molecule has 0 heterocycles. The van der Waals surface area contributed by atoms with Crippen LogP contribution in [0, 0.1) is 0 Å². The molecule has 0 aromatic carbocycles. The lowest BCUT2D eigenvalue weighted by Crippen LogP contribution is -1.67. The highest BCUT2D eigenvalue weighted by Gasteiger charge is 1.84. The molecule has 0 rings (SSSR count). The summed E-state index contributed by atoms with van der Waals surface area (Å²) in [5.74, 6) is 2.41. The highest BCUT2D eigenvalue weighted by Crippen LogP contribution is 2.07. The normalized spacial score (nSPS) is 8.43. The maximum atomic E-state index is 2.41. The summed E-state index contributed by atoms with van der Waals surface area (Å²) >= 11 is 0. The van der Waals surface area contributed by atoms with Crippen molar-refractivity contribution < 1.29 is 0 Å². The van der Waals surface area contributed by atoms with Crippen LogP contribution in [0.4, 0.5) is 0 Å². The number of hydrogen-bond donors (Lipinski definition) is 0. The van der Waals surface area contributed by atoms with Gasteiger partial charge in [0, 0.05) is 6.42 Å². The van der Waals surface area contributed by atoms with Crippen molar-refractivity contribution in [1.82, 2.24) is 0 Å². The van der Waals surface area contributed by atoms with Gasteiger partial charge in [0.2, 0.25) is 0 Å². The first-order chi connectivity index (χ1) is 3.27. The molecule has 0 aromatic heterocycles. The quantitative estimate of drug-likeness (QED) is 0.487. The first-order valence-electron chi connectivity index (χ1n) is 2.77. The molecular formula is C6H14P+. The molecule has 0 amide bonds. The fourth-order valence-corrected chi connectivity index (χ4v) is 1.16. The third-order valence-electron chi connectivity index (χ3n) is 0.783. The van der Waals surface area contributed by atoms with E-state index in [0.29, 0.717) is 0 Å². The molecule has 0 radical (unpaired) electrons. The molecular weight excluding hydrogens is 103 g/mol. The largest absolute Gasteiger partial charge is 0.0953 e. The summed E-state index contributed by atoms with van der Waals surface area (Å²) in [7, 11) is 0.269. The fourth-order valence-electron chi connectivity index (χ4n) is 0.387. The Balaban J connectivity index is 3.08. The Morgan fingerprint density at radius 3 is 2.14 bits per heavy atom. The van der Waals surface area contributed by atoms with Crippen LogP contribution in [0.5, 0.6) is 0 Å². The topological polar surface area (TPSA) is 0 Å². The van der Waals surface area contributed by atoms with Gasteiger partial charge in [-0.05, 0) is 6.42 Å². The Bertz CT molecular complexity index is 60.6. The molecule has 1 heteroatoms. The predicted octanol–water partition coefficient (Wildman–Crippen LogP) is 2.33. The van der Waals surface area contributed by atoms with E-state index >= 15 is 0 Å². The molecule has 0 saturated heterocycles. The van der Waals surface area contributed by atoms with E-state index in [9.17, 15) is 0 Å². The van der Waals surface area contributed by atoms with Crippen molar-refractivity contribution in [3.8, 4) is 0 Å². The van der Waals surface area contributed by atoms with Crippen LogP contribution in [0.3, 0.4) is 0 Å². The van der Waals surface area contributed by atoms with Crippen LogP contribution in [0.15, 0.2) is 0 Å². The minimum atomic E-state index is 0.269. The van der Waals surface area contributed by atoms with Gasteiger partial charge in [-0.3, -0.25) is 0 Å². The zero-order valence-electron chi connectivity index (χ0n) is 5.44. The maximum absolute atomic E-state index is 2.41. The summed E-state index contributed by atoms with van der Waals surface area (Å²) in [6, 6.07) is 0. The molecule has 0 fully saturated rings. The van der Waals surface area contributed by atoms with Gasteiger partial charge in [-0.15, -0.1) is 0 Å². The summed E-state index contributed by atoms with van der Waals surface area (Å²) in [5, 5.41) is 0. The van der Waals surface area contributed by atoms with Crippen LogP contribution in [0.25, 0.3) is 0 Å². The highest BCUT2D eigenvalue weighted by atomic mass is 31.1. The first-order valence-corrected chi connectivity index (χ1v) is 5.07. The molecule has 0 bridgehead atoms. The lowest BCUT2D eigenvalue weighted by molar-refractivity contribution is 1.02. The molecule has 0 aliphatic heterocycles. The van der Waals surface area contributed by atoms with Gasteiger partial charge in [-0.2, -0.15) is 0 Å². The molecule has 0 unspecified atom stereocenters. The Kier molecular flexibility index (Phi) is 4.44. The average Bonchev–Trinajstić information content (AvgIpc) is 1.61.